The first kappa shape index (κ1) is 21.6. The van der Waals surface area contributed by atoms with Gasteiger partial charge in [-0.05, 0) is 36.4 Å². The SMILES string of the molecule is O=C(NCc1ccccn1)C(=O)NC[C@@H](c1ccco1)N1CCN(c2ccccc2)CC1. The third-order valence-corrected chi connectivity index (χ3v) is 5.57. The summed E-state index contributed by atoms with van der Waals surface area (Å²) in [5.74, 6) is -0.574. The van der Waals surface area contributed by atoms with Crippen LogP contribution in [0.1, 0.15) is 17.5 Å². The molecule has 1 saturated heterocycles. The molecule has 0 bridgehead atoms. The third-order valence-electron chi connectivity index (χ3n) is 5.57. The maximum absolute atomic E-state index is 12.4. The predicted molar refractivity (Wildman–Crippen MR) is 121 cm³/mol. The molecular weight excluding hydrogens is 406 g/mol. The molecule has 2 aromatic heterocycles. The van der Waals surface area contributed by atoms with Crippen LogP contribution < -0.4 is 15.5 Å². The molecule has 4 rings (SSSR count). The number of hydrogen-bond acceptors (Lipinski definition) is 6. The van der Waals surface area contributed by atoms with E-state index < -0.39 is 11.8 Å². The summed E-state index contributed by atoms with van der Waals surface area (Å²) < 4.78 is 5.64. The van der Waals surface area contributed by atoms with Crippen molar-refractivity contribution in [1.82, 2.24) is 20.5 Å². The normalized spacial score (nSPS) is 15.2. The van der Waals surface area contributed by atoms with Crippen molar-refractivity contribution in [3.05, 3.63) is 84.6 Å². The van der Waals surface area contributed by atoms with Crippen molar-refractivity contribution in [1.29, 1.82) is 0 Å². The van der Waals surface area contributed by atoms with Gasteiger partial charge in [-0.2, -0.15) is 0 Å². The summed E-state index contributed by atoms with van der Waals surface area (Å²) in [7, 11) is 0. The smallest absolute Gasteiger partial charge is 0.309 e. The van der Waals surface area contributed by atoms with E-state index in [9.17, 15) is 9.59 Å². The summed E-state index contributed by atoms with van der Waals surface area (Å²) in [6.07, 6.45) is 3.27. The summed E-state index contributed by atoms with van der Waals surface area (Å²) >= 11 is 0. The second-order valence-electron chi connectivity index (χ2n) is 7.60. The van der Waals surface area contributed by atoms with Crippen LogP contribution in [-0.2, 0) is 16.1 Å². The molecule has 1 atom stereocenters. The van der Waals surface area contributed by atoms with Crippen molar-refractivity contribution in [2.24, 2.45) is 0 Å². The molecule has 2 N–H and O–H groups in total. The first-order valence-corrected chi connectivity index (χ1v) is 10.7. The Morgan fingerprint density at radius 2 is 1.66 bits per heavy atom. The molecule has 1 aliphatic rings. The molecule has 166 valence electrons. The number of rotatable bonds is 7. The number of nitrogens with one attached hydrogen (secondary N) is 2. The predicted octanol–water partition coefficient (Wildman–Crippen LogP) is 1.97. The summed E-state index contributed by atoms with van der Waals surface area (Å²) in [4.78, 5) is 33.3. The second kappa shape index (κ2) is 10.6. The Hall–Kier alpha value is -3.65. The number of piperazine rings is 1. The van der Waals surface area contributed by atoms with Crippen LogP contribution in [0.3, 0.4) is 0 Å². The van der Waals surface area contributed by atoms with Crippen molar-refractivity contribution >= 4 is 17.5 Å². The number of anilines is 1. The van der Waals surface area contributed by atoms with Gasteiger partial charge >= 0.3 is 11.8 Å². The van der Waals surface area contributed by atoms with E-state index in [1.165, 1.54) is 5.69 Å². The molecule has 0 unspecified atom stereocenters. The summed E-state index contributed by atoms with van der Waals surface area (Å²) in [6, 6.07) is 19.4. The van der Waals surface area contributed by atoms with Crippen molar-refractivity contribution in [2.45, 2.75) is 12.6 Å². The molecule has 8 nitrogen and oxygen atoms in total. The number of benzene rings is 1. The highest BCUT2D eigenvalue weighted by Crippen LogP contribution is 2.24. The van der Waals surface area contributed by atoms with Gasteiger partial charge in [0.05, 0.1) is 24.5 Å². The van der Waals surface area contributed by atoms with Crippen molar-refractivity contribution in [2.75, 3.05) is 37.6 Å². The topological polar surface area (TPSA) is 90.7 Å². The fourth-order valence-corrected chi connectivity index (χ4v) is 3.84. The number of carbonyl (C=O) groups excluding carboxylic acids is 2. The van der Waals surface area contributed by atoms with E-state index in [1.54, 1.807) is 24.6 Å². The van der Waals surface area contributed by atoms with E-state index in [2.05, 4.69) is 37.6 Å². The van der Waals surface area contributed by atoms with Crippen molar-refractivity contribution in [3.63, 3.8) is 0 Å². The average Bonchev–Trinajstić information content (AvgIpc) is 3.39. The quantitative estimate of drug-likeness (QED) is 0.554. The summed E-state index contributed by atoms with van der Waals surface area (Å²) in [5, 5.41) is 5.36. The van der Waals surface area contributed by atoms with Gasteiger partial charge in [0.25, 0.3) is 0 Å². The zero-order valence-corrected chi connectivity index (χ0v) is 17.8. The standard InChI is InChI=1S/C24H27N5O3/c30-23(26-17-19-7-4-5-11-25-19)24(31)27-18-21(22-10-6-16-32-22)29-14-12-28(13-15-29)20-8-2-1-3-9-20/h1-11,16,21H,12-15,17-18H2,(H,26,30)(H,27,31)/t21-/m0/s1. The van der Waals surface area contributed by atoms with Crippen LogP contribution >= 0.6 is 0 Å². The molecule has 2 amide bonds. The molecule has 0 spiro atoms. The Balaban J connectivity index is 1.32. The Bertz CT molecular complexity index is 987. The lowest BCUT2D eigenvalue weighted by Crippen LogP contribution is -2.50. The van der Waals surface area contributed by atoms with E-state index in [-0.39, 0.29) is 19.1 Å². The number of aromatic nitrogens is 1. The highest BCUT2D eigenvalue weighted by molar-refractivity contribution is 6.35. The number of amides is 2. The zero-order valence-electron chi connectivity index (χ0n) is 17.8. The molecule has 1 aliphatic heterocycles. The van der Waals surface area contributed by atoms with Gasteiger partial charge in [-0.15, -0.1) is 0 Å². The molecule has 1 aromatic carbocycles. The third kappa shape index (κ3) is 5.53. The fourth-order valence-electron chi connectivity index (χ4n) is 3.84. The van der Waals surface area contributed by atoms with E-state index in [0.717, 1.165) is 31.9 Å². The minimum absolute atomic E-state index is 0.143. The molecule has 1 fully saturated rings. The van der Waals surface area contributed by atoms with Crippen LogP contribution in [-0.4, -0.2) is 54.4 Å². The molecular formula is C24H27N5O3. The van der Waals surface area contributed by atoms with E-state index >= 15 is 0 Å². The highest BCUT2D eigenvalue weighted by Gasteiger charge is 2.28. The van der Waals surface area contributed by atoms with E-state index in [0.29, 0.717) is 5.69 Å². The first-order chi connectivity index (χ1) is 15.7. The summed E-state index contributed by atoms with van der Waals surface area (Å²) in [5.41, 5.74) is 1.90. The molecule has 0 aliphatic carbocycles. The van der Waals surface area contributed by atoms with Gasteiger partial charge < -0.3 is 20.0 Å². The number of furan rings is 1. The number of pyridine rings is 1. The van der Waals surface area contributed by atoms with Gasteiger partial charge in [-0.3, -0.25) is 19.5 Å². The van der Waals surface area contributed by atoms with Crippen LogP contribution in [0.15, 0.2) is 77.5 Å². The largest absolute Gasteiger partial charge is 0.468 e. The monoisotopic (exact) mass is 433 g/mol. The van der Waals surface area contributed by atoms with Crippen molar-refractivity contribution < 1.29 is 14.0 Å². The molecule has 0 radical (unpaired) electrons. The lowest BCUT2D eigenvalue weighted by Gasteiger charge is -2.39. The van der Waals surface area contributed by atoms with Gasteiger partial charge in [-0.1, -0.05) is 24.3 Å². The summed E-state index contributed by atoms with van der Waals surface area (Å²) in [6.45, 7) is 3.88. The number of hydrogen-bond donors (Lipinski definition) is 2. The first-order valence-electron chi connectivity index (χ1n) is 10.7. The Morgan fingerprint density at radius 3 is 2.34 bits per heavy atom. The van der Waals surface area contributed by atoms with Crippen LogP contribution in [0.2, 0.25) is 0 Å². The lowest BCUT2D eigenvalue weighted by molar-refractivity contribution is -0.139. The second-order valence-corrected chi connectivity index (χ2v) is 7.60. The maximum Gasteiger partial charge on any atom is 0.309 e. The number of nitrogens with zero attached hydrogens (tertiary/aromatic N) is 3. The molecule has 32 heavy (non-hydrogen) atoms. The Morgan fingerprint density at radius 1 is 0.906 bits per heavy atom. The number of para-hydroxylation sites is 1. The fraction of sp³-hybridized carbons (Fsp3) is 0.292. The Kier molecular flexibility index (Phi) is 7.14. The molecule has 3 aromatic rings. The van der Waals surface area contributed by atoms with E-state index in [4.69, 9.17) is 4.42 Å². The highest BCUT2D eigenvalue weighted by atomic mass is 16.3. The van der Waals surface area contributed by atoms with Gasteiger partial charge in [-0.25, -0.2) is 0 Å². The maximum atomic E-state index is 12.4. The van der Waals surface area contributed by atoms with Crippen molar-refractivity contribution in [3.8, 4) is 0 Å². The zero-order chi connectivity index (χ0) is 22.2. The molecule has 8 heteroatoms. The minimum Gasteiger partial charge on any atom is -0.468 e. The van der Waals surface area contributed by atoms with Crippen LogP contribution in [0.5, 0.6) is 0 Å². The van der Waals surface area contributed by atoms with Crippen LogP contribution in [0, 0.1) is 0 Å². The number of carbonyl (C=O) groups is 2. The van der Waals surface area contributed by atoms with Crippen LogP contribution in [0.25, 0.3) is 0 Å². The van der Waals surface area contributed by atoms with Gasteiger partial charge in [0, 0.05) is 44.6 Å². The van der Waals surface area contributed by atoms with Gasteiger partial charge in [0.15, 0.2) is 0 Å². The average molecular weight is 434 g/mol. The molecule has 0 saturated carbocycles. The van der Waals surface area contributed by atoms with Gasteiger partial charge in [0.2, 0.25) is 0 Å². The van der Waals surface area contributed by atoms with Gasteiger partial charge in [0.1, 0.15) is 5.76 Å². The van der Waals surface area contributed by atoms with Crippen LogP contribution in [0.4, 0.5) is 5.69 Å². The minimum atomic E-state index is -0.678. The van der Waals surface area contributed by atoms with E-state index in [1.807, 2.05) is 36.4 Å². The Labute approximate surface area is 187 Å². The molecule has 3 heterocycles. The lowest BCUT2D eigenvalue weighted by atomic mass is 10.1.